The Morgan fingerprint density at radius 3 is 2.83 bits per heavy atom. The maximum absolute atomic E-state index is 12.5. The Hall–Kier alpha value is -2.88. The number of nitrogen functional groups attached to an aromatic ring is 1. The van der Waals surface area contributed by atoms with Crippen LogP contribution in [0.3, 0.4) is 0 Å². The lowest BCUT2D eigenvalue weighted by molar-refractivity contribution is -0.152. The van der Waals surface area contributed by atoms with Crippen LogP contribution < -0.4 is 5.73 Å². The fourth-order valence-electron chi connectivity index (χ4n) is 3.26. The second-order valence-corrected chi connectivity index (χ2v) is 6.56. The summed E-state index contributed by atoms with van der Waals surface area (Å²) >= 11 is 0. The van der Waals surface area contributed by atoms with Crippen LogP contribution in [0.1, 0.15) is 18.5 Å². The highest BCUT2D eigenvalue weighted by atomic mass is 19.1. The number of nitriles is 1. The molecule has 2 aromatic heterocycles. The van der Waals surface area contributed by atoms with Crippen molar-refractivity contribution in [1.82, 2.24) is 14.6 Å². The lowest BCUT2D eigenvalue weighted by Gasteiger charge is -2.24. The summed E-state index contributed by atoms with van der Waals surface area (Å²) in [7, 11) is 0. The van der Waals surface area contributed by atoms with Crippen LogP contribution in [0.5, 0.6) is 0 Å². The number of ether oxygens (including phenoxy) is 2. The van der Waals surface area contributed by atoms with E-state index in [1.807, 2.05) is 6.07 Å². The second kappa shape index (κ2) is 8.24. The van der Waals surface area contributed by atoms with Crippen LogP contribution >= 0.6 is 0 Å². The molecule has 4 N–H and O–H groups in total. The molecular formula is C17H19F2N5O5. The molecule has 0 bridgehead atoms. The van der Waals surface area contributed by atoms with Crippen molar-refractivity contribution in [3.8, 4) is 6.07 Å². The van der Waals surface area contributed by atoms with Crippen LogP contribution in [0.15, 0.2) is 18.5 Å². The highest BCUT2D eigenvalue weighted by Crippen LogP contribution is 2.41. The Labute approximate surface area is 163 Å². The number of carbonyl (C=O) groups excluding carboxylic acids is 1. The number of anilines is 1. The maximum atomic E-state index is 12.5. The zero-order valence-corrected chi connectivity index (χ0v) is 15.1. The van der Waals surface area contributed by atoms with Crippen LogP contribution in [0.4, 0.5) is 14.6 Å². The molecule has 0 unspecified atom stereocenters. The molecule has 29 heavy (non-hydrogen) atoms. The van der Waals surface area contributed by atoms with Gasteiger partial charge in [-0.15, -0.1) is 0 Å². The van der Waals surface area contributed by atoms with Crippen molar-refractivity contribution < 1.29 is 33.3 Å². The smallest absolute Gasteiger partial charge is 0.306 e. The third kappa shape index (κ3) is 3.59. The van der Waals surface area contributed by atoms with Gasteiger partial charge >= 0.3 is 5.97 Å². The van der Waals surface area contributed by atoms with Crippen molar-refractivity contribution in [3.05, 3.63) is 24.2 Å². The van der Waals surface area contributed by atoms with Gasteiger partial charge in [0.15, 0.2) is 11.9 Å². The summed E-state index contributed by atoms with van der Waals surface area (Å²) in [4.78, 5) is 15.6. The Bertz CT molecular complexity index is 931. The van der Waals surface area contributed by atoms with Gasteiger partial charge in [0.2, 0.25) is 5.60 Å². The Morgan fingerprint density at radius 1 is 1.45 bits per heavy atom. The van der Waals surface area contributed by atoms with E-state index < -0.39 is 49.3 Å². The molecule has 0 aromatic carbocycles. The highest BCUT2D eigenvalue weighted by molar-refractivity contribution is 5.69. The van der Waals surface area contributed by atoms with Gasteiger partial charge in [-0.05, 0) is 18.6 Å². The van der Waals surface area contributed by atoms with Crippen molar-refractivity contribution >= 4 is 17.3 Å². The number of aliphatic hydroxyl groups excluding tert-OH is 2. The van der Waals surface area contributed by atoms with E-state index in [1.54, 1.807) is 0 Å². The first-order chi connectivity index (χ1) is 13.9. The Balaban J connectivity index is 1.80. The molecule has 0 saturated carbocycles. The van der Waals surface area contributed by atoms with Crippen molar-refractivity contribution in [3.63, 3.8) is 0 Å². The SMILES string of the molecule is N#C[C@@]1(c2ccc3c(N)ncnn23)O[C@H](CCC(=O)OC(CF)CF)[C@@H](O)[C@H]1O. The van der Waals surface area contributed by atoms with E-state index in [9.17, 15) is 29.1 Å². The maximum Gasteiger partial charge on any atom is 0.306 e. The van der Waals surface area contributed by atoms with Crippen LogP contribution in [0.25, 0.3) is 5.52 Å². The van der Waals surface area contributed by atoms with Gasteiger partial charge < -0.3 is 25.4 Å². The normalized spacial score (nSPS) is 26.7. The van der Waals surface area contributed by atoms with E-state index in [0.717, 1.165) is 6.33 Å². The predicted octanol–water partition coefficient (Wildman–Crippen LogP) is -0.218. The van der Waals surface area contributed by atoms with Gasteiger partial charge in [-0.2, -0.15) is 10.4 Å². The van der Waals surface area contributed by atoms with E-state index in [0.29, 0.717) is 5.52 Å². The molecule has 12 heteroatoms. The number of fused-ring (bicyclic) bond motifs is 1. The quantitative estimate of drug-likeness (QED) is 0.524. The number of alkyl halides is 2. The third-order valence-electron chi connectivity index (χ3n) is 4.76. The van der Waals surface area contributed by atoms with Gasteiger partial charge in [0, 0.05) is 6.42 Å². The van der Waals surface area contributed by atoms with Crippen LogP contribution in [-0.4, -0.2) is 68.5 Å². The summed E-state index contributed by atoms with van der Waals surface area (Å²) < 4.78 is 36.5. The van der Waals surface area contributed by atoms with Gasteiger partial charge in [0.05, 0.1) is 11.8 Å². The summed E-state index contributed by atoms with van der Waals surface area (Å²) in [6.45, 7) is -2.32. The van der Waals surface area contributed by atoms with Crippen LogP contribution in [0.2, 0.25) is 0 Å². The molecule has 0 aliphatic carbocycles. The van der Waals surface area contributed by atoms with Crippen LogP contribution in [-0.2, 0) is 19.9 Å². The molecule has 0 amide bonds. The number of aromatic nitrogens is 3. The number of nitrogens with two attached hydrogens (primary N) is 1. The molecule has 156 valence electrons. The predicted molar refractivity (Wildman–Crippen MR) is 92.6 cm³/mol. The molecule has 1 aliphatic heterocycles. The lowest BCUT2D eigenvalue weighted by Crippen LogP contribution is -2.40. The van der Waals surface area contributed by atoms with Gasteiger partial charge in [0.1, 0.15) is 43.5 Å². The third-order valence-corrected chi connectivity index (χ3v) is 4.76. The van der Waals surface area contributed by atoms with Crippen molar-refractivity contribution in [2.75, 3.05) is 19.1 Å². The molecule has 1 fully saturated rings. The molecule has 1 saturated heterocycles. The molecule has 3 heterocycles. The second-order valence-electron chi connectivity index (χ2n) is 6.56. The summed E-state index contributed by atoms with van der Waals surface area (Å²) in [6.07, 6.45) is -5.09. The molecule has 3 rings (SSSR count). The number of halogens is 2. The Morgan fingerprint density at radius 2 is 2.17 bits per heavy atom. The molecular weight excluding hydrogens is 392 g/mol. The molecule has 0 radical (unpaired) electrons. The molecule has 4 atom stereocenters. The lowest BCUT2D eigenvalue weighted by atomic mass is 9.92. The van der Waals surface area contributed by atoms with E-state index in [2.05, 4.69) is 14.8 Å². The van der Waals surface area contributed by atoms with Gasteiger partial charge in [-0.1, -0.05) is 0 Å². The van der Waals surface area contributed by atoms with Crippen molar-refractivity contribution in [1.29, 1.82) is 5.26 Å². The van der Waals surface area contributed by atoms with Gasteiger partial charge in [-0.3, -0.25) is 4.79 Å². The minimum atomic E-state index is -1.98. The fraction of sp³-hybridized carbons (Fsp3) is 0.529. The van der Waals surface area contributed by atoms with E-state index in [4.69, 9.17) is 10.5 Å². The molecule has 2 aromatic rings. The monoisotopic (exact) mass is 411 g/mol. The average molecular weight is 411 g/mol. The van der Waals surface area contributed by atoms with Gasteiger partial charge in [0.25, 0.3) is 0 Å². The molecule has 1 aliphatic rings. The number of rotatable bonds is 7. The fourth-order valence-corrected chi connectivity index (χ4v) is 3.26. The molecule has 10 nitrogen and oxygen atoms in total. The number of hydrogen-bond acceptors (Lipinski definition) is 9. The number of aliphatic hydroxyl groups is 2. The van der Waals surface area contributed by atoms with E-state index >= 15 is 0 Å². The largest absolute Gasteiger partial charge is 0.457 e. The first-order valence-electron chi connectivity index (χ1n) is 8.73. The summed E-state index contributed by atoms with van der Waals surface area (Å²) in [5.41, 5.74) is 4.28. The first kappa shape index (κ1) is 20.8. The Kier molecular flexibility index (Phi) is 5.92. The minimum Gasteiger partial charge on any atom is -0.457 e. The summed E-state index contributed by atoms with van der Waals surface area (Å²) in [5.74, 6) is -0.749. The van der Waals surface area contributed by atoms with Crippen molar-refractivity contribution in [2.45, 2.75) is 42.9 Å². The highest BCUT2D eigenvalue weighted by Gasteiger charge is 2.57. The van der Waals surface area contributed by atoms with E-state index in [1.165, 1.54) is 16.6 Å². The molecule has 0 spiro atoms. The topological polar surface area (TPSA) is 156 Å². The van der Waals surface area contributed by atoms with Crippen LogP contribution in [0, 0.1) is 11.3 Å². The number of nitrogens with zero attached hydrogens (tertiary/aromatic N) is 4. The standard InChI is InChI=1S/C17H19F2N5O5/c18-5-9(6-19)28-13(25)4-2-11-14(26)15(27)17(7-20,29-11)12-3-1-10-16(21)22-8-23-24(10)12/h1,3,8-9,11,14-15,26-27H,2,4-6H2,(H2,21,22,23)/t11-,14-,15-,17+/m1/s1. The van der Waals surface area contributed by atoms with E-state index in [-0.39, 0.29) is 24.4 Å². The average Bonchev–Trinajstić information content (AvgIpc) is 3.26. The number of hydrogen-bond donors (Lipinski definition) is 3. The summed E-state index contributed by atoms with van der Waals surface area (Å²) in [5, 5.41) is 34.7. The van der Waals surface area contributed by atoms with Gasteiger partial charge in [-0.25, -0.2) is 18.3 Å². The number of carbonyl (C=O) groups is 1. The van der Waals surface area contributed by atoms with Crippen molar-refractivity contribution in [2.24, 2.45) is 0 Å². The zero-order valence-electron chi connectivity index (χ0n) is 15.1. The summed E-state index contributed by atoms with van der Waals surface area (Å²) in [6, 6.07) is 4.86. The number of esters is 1. The first-order valence-corrected chi connectivity index (χ1v) is 8.73. The zero-order chi connectivity index (χ0) is 21.2. The minimum absolute atomic E-state index is 0.121.